The number of benzene rings is 2. The molecule has 2 amide bonds. The highest BCUT2D eigenvalue weighted by molar-refractivity contribution is 6.34. The van der Waals surface area contributed by atoms with Gasteiger partial charge in [-0.15, -0.1) is 0 Å². The van der Waals surface area contributed by atoms with E-state index in [4.69, 9.17) is 11.6 Å². The van der Waals surface area contributed by atoms with E-state index < -0.39 is 0 Å². The minimum atomic E-state index is -0.330. The number of pyridine rings is 1. The third kappa shape index (κ3) is 4.07. The molecule has 0 spiro atoms. The van der Waals surface area contributed by atoms with E-state index in [1.165, 1.54) is 0 Å². The van der Waals surface area contributed by atoms with E-state index in [0.29, 0.717) is 28.6 Å². The van der Waals surface area contributed by atoms with Gasteiger partial charge in [0.05, 0.1) is 28.0 Å². The topological polar surface area (TPSA) is 88.9 Å². The third-order valence-electron chi connectivity index (χ3n) is 5.42. The Morgan fingerprint density at radius 3 is 2.75 bits per heavy atom. The average molecular weight is 446 g/mol. The molecule has 1 fully saturated rings. The van der Waals surface area contributed by atoms with Crippen LogP contribution in [0.3, 0.4) is 0 Å². The van der Waals surface area contributed by atoms with Gasteiger partial charge in [0, 0.05) is 24.0 Å². The summed E-state index contributed by atoms with van der Waals surface area (Å²) in [6.07, 6.45) is 5.30. The second-order valence-corrected chi connectivity index (χ2v) is 8.15. The van der Waals surface area contributed by atoms with Crippen molar-refractivity contribution in [2.45, 2.75) is 19.4 Å². The van der Waals surface area contributed by atoms with Crippen molar-refractivity contribution in [3.63, 3.8) is 0 Å². The number of carbonyl (C=O) groups is 2. The Bertz CT molecular complexity index is 1310. The first-order valence-electron chi connectivity index (χ1n) is 10.4. The normalized spacial score (nSPS) is 13.2. The first-order valence-corrected chi connectivity index (χ1v) is 10.7. The highest BCUT2D eigenvalue weighted by atomic mass is 35.5. The highest BCUT2D eigenvalue weighted by Gasteiger charge is 2.29. The third-order valence-corrected chi connectivity index (χ3v) is 5.75. The van der Waals surface area contributed by atoms with Crippen molar-refractivity contribution < 1.29 is 9.59 Å². The summed E-state index contributed by atoms with van der Waals surface area (Å²) in [6, 6.07) is 16.4. The first-order chi connectivity index (χ1) is 15.6. The van der Waals surface area contributed by atoms with E-state index in [-0.39, 0.29) is 17.7 Å². The summed E-state index contributed by atoms with van der Waals surface area (Å²) in [5, 5.41) is 11.4. The monoisotopic (exact) mass is 445 g/mol. The quantitative estimate of drug-likeness (QED) is 0.461. The van der Waals surface area contributed by atoms with Gasteiger partial charge in [0.15, 0.2) is 5.82 Å². The fourth-order valence-corrected chi connectivity index (χ4v) is 3.75. The zero-order valence-electron chi connectivity index (χ0n) is 17.1. The van der Waals surface area contributed by atoms with Crippen LogP contribution in [-0.4, -0.2) is 26.6 Å². The van der Waals surface area contributed by atoms with E-state index in [9.17, 15) is 9.59 Å². The molecule has 1 aliphatic carbocycles. The highest BCUT2D eigenvalue weighted by Crippen LogP contribution is 2.29. The van der Waals surface area contributed by atoms with Crippen LogP contribution in [0, 0.1) is 5.92 Å². The molecule has 0 unspecified atom stereocenters. The van der Waals surface area contributed by atoms with E-state index in [2.05, 4.69) is 20.7 Å². The van der Waals surface area contributed by atoms with Gasteiger partial charge in [-0.2, -0.15) is 5.10 Å². The maximum absolute atomic E-state index is 13.0. The smallest absolute Gasteiger partial charge is 0.257 e. The SMILES string of the molecule is O=C(Nc1cccc2c1cnn2-c1ccccn1)c1cc(CNC(=O)C2CC2)ccc1Cl. The summed E-state index contributed by atoms with van der Waals surface area (Å²) >= 11 is 6.31. The molecule has 7 nitrogen and oxygen atoms in total. The molecule has 2 N–H and O–H groups in total. The Hall–Kier alpha value is -3.71. The predicted molar refractivity (Wildman–Crippen MR) is 123 cm³/mol. The standard InChI is InChI=1S/C24H20ClN5O2/c25-19-10-7-15(13-27-23(31)16-8-9-16)12-17(19)24(32)29-20-4-3-5-21-18(20)14-28-30(21)22-6-1-2-11-26-22/h1-7,10-12,14,16H,8-9,13H2,(H,27,31)(H,29,32). The molecule has 1 aliphatic rings. The summed E-state index contributed by atoms with van der Waals surface area (Å²) in [6.45, 7) is 0.360. The molecule has 1 saturated carbocycles. The van der Waals surface area contributed by atoms with Crippen LogP contribution in [0.1, 0.15) is 28.8 Å². The zero-order chi connectivity index (χ0) is 22.1. The first kappa shape index (κ1) is 20.2. The molecule has 8 heteroatoms. The number of fused-ring (bicyclic) bond motifs is 1. The summed E-state index contributed by atoms with van der Waals surface area (Å²) < 4.78 is 1.72. The van der Waals surface area contributed by atoms with Crippen molar-refractivity contribution in [1.29, 1.82) is 0 Å². The van der Waals surface area contributed by atoms with Crippen LogP contribution in [0.5, 0.6) is 0 Å². The van der Waals surface area contributed by atoms with Crippen molar-refractivity contribution in [2.75, 3.05) is 5.32 Å². The van der Waals surface area contributed by atoms with Gasteiger partial charge in [-0.3, -0.25) is 9.59 Å². The predicted octanol–water partition coefficient (Wildman–Crippen LogP) is 4.35. The molecule has 160 valence electrons. The van der Waals surface area contributed by atoms with Crippen molar-refractivity contribution in [3.8, 4) is 5.82 Å². The summed E-state index contributed by atoms with van der Waals surface area (Å²) in [5.74, 6) is 0.554. The van der Waals surface area contributed by atoms with Crippen LogP contribution >= 0.6 is 11.6 Å². The summed E-state index contributed by atoms with van der Waals surface area (Å²) in [5.41, 5.74) is 2.61. The summed E-state index contributed by atoms with van der Waals surface area (Å²) in [4.78, 5) is 29.3. The van der Waals surface area contributed by atoms with Crippen molar-refractivity contribution in [1.82, 2.24) is 20.1 Å². The number of anilines is 1. The Kier molecular flexibility index (Phi) is 5.33. The van der Waals surface area contributed by atoms with Crippen LogP contribution in [0.4, 0.5) is 5.69 Å². The van der Waals surface area contributed by atoms with Gasteiger partial charge in [-0.1, -0.05) is 29.8 Å². The molecular weight excluding hydrogens is 426 g/mol. The number of nitrogens with one attached hydrogen (secondary N) is 2. The number of carbonyl (C=O) groups excluding carboxylic acids is 2. The summed E-state index contributed by atoms with van der Waals surface area (Å²) in [7, 11) is 0. The van der Waals surface area contributed by atoms with Gasteiger partial charge >= 0.3 is 0 Å². The molecule has 2 aromatic heterocycles. The molecule has 0 aliphatic heterocycles. The number of hydrogen-bond donors (Lipinski definition) is 2. The lowest BCUT2D eigenvalue weighted by Gasteiger charge is -2.11. The lowest BCUT2D eigenvalue weighted by molar-refractivity contribution is -0.122. The van der Waals surface area contributed by atoms with E-state index in [1.807, 2.05) is 42.5 Å². The lowest BCUT2D eigenvalue weighted by atomic mass is 10.1. The van der Waals surface area contributed by atoms with Gasteiger partial charge in [0.2, 0.25) is 5.91 Å². The Balaban J connectivity index is 1.38. The van der Waals surface area contributed by atoms with E-state index in [0.717, 1.165) is 29.3 Å². The number of amides is 2. The Labute approximate surface area is 189 Å². The van der Waals surface area contributed by atoms with Gasteiger partial charge in [0.25, 0.3) is 5.91 Å². The number of aromatic nitrogens is 3. The maximum Gasteiger partial charge on any atom is 0.257 e. The van der Waals surface area contributed by atoms with Gasteiger partial charge in [0.1, 0.15) is 0 Å². The van der Waals surface area contributed by atoms with Crippen molar-refractivity contribution in [3.05, 3.63) is 83.1 Å². The number of hydrogen-bond acceptors (Lipinski definition) is 4. The molecule has 0 bridgehead atoms. The Morgan fingerprint density at radius 2 is 1.97 bits per heavy atom. The molecule has 32 heavy (non-hydrogen) atoms. The van der Waals surface area contributed by atoms with Crippen molar-refractivity contribution in [2.24, 2.45) is 5.92 Å². The molecule has 4 aromatic rings. The number of rotatable bonds is 6. The molecule has 2 aromatic carbocycles. The van der Waals surface area contributed by atoms with Gasteiger partial charge in [-0.25, -0.2) is 9.67 Å². The lowest BCUT2D eigenvalue weighted by Crippen LogP contribution is -2.24. The van der Waals surface area contributed by atoms with Crippen LogP contribution < -0.4 is 10.6 Å². The molecular formula is C24H20ClN5O2. The molecule has 0 radical (unpaired) electrons. The minimum Gasteiger partial charge on any atom is -0.352 e. The van der Waals surface area contributed by atoms with Gasteiger partial charge < -0.3 is 10.6 Å². The average Bonchev–Trinajstić information content (AvgIpc) is 3.58. The van der Waals surface area contributed by atoms with Gasteiger partial charge in [-0.05, 0) is 54.8 Å². The fourth-order valence-electron chi connectivity index (χ4n) is 3.55. The molecule has 0 saturated heterocycles. The molecule has 5 rings (SSSR count). The molecule has 0 atom stereocenters. The largest absolute Gasteiger partial charge is 0.352 e. The second-order valence-electron chi connectivity index (χ2n) is 7.74. The van der Waals surface area contributed by atoms with Crippen LogP contribution in [-0.2, 0) is 11.3 Å². The van der Waals surface area contributed by atoms with Crippen LogP contribution in [0.25, 0.3) is 16.7 Å². The zero-order valence-corrected chi connectivity index (χ0v) is 17.8. The van der Waals surface area contributed by atoms with Crippen molar-refractivity contribution >= 4 is 40.0 Å². The Morgan fingerprint density at radius 1 is 1.09 bits per heavy atom. The van der Waals surface area contributed by atoms with E-state index in [1.54, 1.807) is 29.2 Å². The fraction of sp³-hybridized carbons (Fsp3) is 0.167. The minimum absolute atomic E-state index is 0.0579. The second kappa shape index (κ2) is 8.43. The maximum atomic E-state index is 13.0. The van der Waals surface area contributed by atoms with Crippen LogP contribution in [0.15, 0.2) is 67.0 Å². The molecule has 2 heterocycles. The van der Waals surface area contributed by atoms with E-state index >= 15 is 0 Å². The van der Waals surface area contributed by atoms with Crippen LogP contribution in [0.2, 0.25) is 5.02 Å². The number of nitrogens with zero attached hydrogens (tertiary/aromatic N) is 3. The number of halogens is 1.